The van der Waals surface area contributed by atoms with Gasteiger partial charge in [0.1, 0.15) is 5.76 Å². The minimum Gasteiger partial charge on any atom is -0.458 e. The standard InChI is InChI=1S/C13H15Cl2NO/c1-3-6-16-8(2)12-7-9-10(14)4-5-11(15)13(9)17-12/h4-5,7-8,16H,3,6H2,1-2H3. The van der Waals surface area contributed by atoms with Gasteiger partial charge >= 0.3 is 0 Å². The molecule has 0 aliphatic rings. The first-order chi connectivity index (χ1) is 8.13. The average Bonchev–Trinajstić information content (AvgIpc) is 2.77. The molecule has 2 rings (SSSR count). The first kappa shape index (κ1) is 12.7. The topological polar surface area (TPSA) is 25.2 Å². The van der Waals surface area contributed by atoms with Gasteiger partial charge in [-0.25, -0.2) is 0 Å². The maximum Gasteiger partial charge on any atom is 0.154 e. The summed E-state index contributed by atoms with van der Waals surface area (Å²) in [5, 5.41) is 5.51. The SMILES string of the molecule is CCCNC(C)c1cc2c(Cl)ccc(Cl)c2o1. The highest BCUT2D eigenvalue weighted by atomic mass is 35.5. The summed E-state index contributed by atoms with van der Waals surface area (Å²) in [5.41, 5.74) is 0.666. The number of fused-ring (bicyclic) bond motifs is 1. The van der Waals surface area contributed by atoms with Crippen LogP contribution >= 0.6 is 23.2 Å². The molecule has 0 saturated heterocycles. The molecule has 1 aromatic carbocycles. The number of hydrogen-bond donors (Lipinski definition) is 1. The Bertz CT molecular complexity index is 482. The Morgan fingerprint density at radius 1 is 1.29 bits per heavy atom. The third kappa shape index (κ3) is 2.59. The number of benzene rings is 1. The normalized spacial score (nSPS) is 13.2. The van der Waals surface area contributed by atoms with E-state index in [0.717, 1.165) is 24.1 Å². The molecule has 1 unspecified atom stereocenters. The van der Waals surface area contributed by atoms with Crippen molar-refractivity contribution in [1.82, 2.24) is 5.32 Å². The molecule has 4 heteroatoms. The average molecular weight is 272 g/mol. The zero-order chi connectivity index (χ0) is 12.4. The van der Waals surface area contributed by atoms with Crippen molar-refractivity contribution >= 4 is 34.2 Å². The Hall–Kier alpha value is -0.700. The molecular formula is C13H15Cl2NO. The van der Waals surface area contributed by atoms with E-state index in [1.54, 1.807) is 12.1 Å². The lowest BCUT2D eigenvalue weighted by molar-refractivity contribution is 0.452. The minimum atomic E-state index is 0.162. The number of halogens is 2. The highest BCUT2D eigenvalue weighted by Crippen LogP contribution is 2.34. The van der Waals surface area contributed by atoms with Crippen molar-refractivity contribution in [2.45, 2.75) is 26.3 Å². The molecule has 0 spiro atoms. The van der Waals surface area contributed by atoms with Crippen LogP contribution < -0.4 is 5.32 Å². The van der Waals surface area contributed by atoms with Crippen LogP contribution in [0.4, 0.5) is 0 Å². The zero-order valence-electron chi connectivity index (χ0n) is 9.89. The van der Waals surface area contributed by atoms with E-state index in [2.05, 4.69) is 19.2 Å². The van der Waals surface area contributed by atoms with Gasteiger partial charge in [-0.05, 0) is 38.1 Å². The van der Waals surface area contributed by atoms with Crippen LogP contribution in [0.15, 0.2) is 22.6 Å². The Morgan fingerprint density at radius 3 is 2.65 bits per heavy atom. The molecule has 0 aliphatic carbocycles. The maximum atomic E-state index is 6.11. The van der Waals surface area contributed by atoms with Crippen molar-refractivity contribution in [2.24, 2.45) is 0 Å². The van der Waals surface area contributed by atoms with Gasteiger partial charge in [-0.3, -0.25) is 0 Å². The van der Waals surface area contributed by atoms with Gasteiger partial charge in [0.05, 0.1) is 16.1 Å². The van der Waals surface area contributed by atoms with E-state index in [1.165, 1.54) is 0 Å². The van der Waals surface area contributed by atoms with Crippen molar-refractivity contribution in [3.63, 3.8) is 0 Å². The summed E-state index contributed by atoms with van der Waals surface area (Å²) in [4.78, 5) is 0. The van der Waals surface area contributed by atoms with Crippen molar-refractivity contribution in [2.75, 3.05) is 6.54 Å². The molecule has 1 heterocycles. The van der Waals surface area contributed by atoms with Crippen LogP contribution in [-0.4, -0.2) is 6.54 Å². The summed E-state index contributed by atoms with van der Waals surface area (Å²) < 4.78 is 5.76. The highest BCUT2D eigenvalue weighted by molar-refractivity contribution is 6.39. The van der Waals surface area contributed by atoms with Gasteiger partial charge in [-0.1, -0.05) is 30.1 Å². The van der Waals surface area contributed by atoms with E-state index < -0.39 is 0 Å². The summed E-state index contributed by atoms with van der Waals surface area (Å²) in [6, 6.07) is 5.66. The van der Waals surface area contributed by atoms with Crippen LogP contribution in [0, 0.1) is 0 Å². The fourth-order valence-electron chi connectivity index (χ4n) is 1.75. The number of nitrogens with one attached hydrogen (secondary N) is 1. The van der Waals surface area contributed by atoms with Gasteiger partial charge in [-0.2, -0.15) is 0 Å². The molecule has 2 nitrogen and oxygen atoms in total. The molecule has 0 bridgehead atoms. The molecule has 1 N–H and O–H groups in total. The smallest absolute Gasteiger partial charge is 0.154 e. The second kappa shape index (κ2) is 5.30. The van der Waals surface area contributed by atoms with Gasteiger partial charge in [0.25, 0.3) is 0 Å². The highest BCUT2D eigenvalue weighted by Gasteiger charge is 2.14. The predicted molar refractivity (Wildman–Crippen MR) is 72.9 cm³/mol. The number of rotatable bonds is 4. The van der Waals surface area contributed by atoms with Crippen molar-refractivity contribution in [1.29, 1.82) is 0 Å². The molecular weight excluding hydrogens is 257 g/mol. The quantitative estimate of drug-likeness (QED) is 0.864. The van der Waals surface area contributed by atoms with Crippen molar-refractivity contribution in [3.8, 4) is 0 Å². The van der Waals surface area contributed by atoms with Crippen LogP contribution in [0.5, 0.6) is 0 Å². The van der Waals surface area contributed by atoms with Gasteiger partial charge in [0.2, 0.25) is 0 Å². The van der Waals surface area contributed by atoms with Gasteiger partial charge in [0.15, 0.2) is 5.58 Å². The van der Waals surface area contributed by atoms with Crippen LogP contribution in [0.3, 0.4) is 0 Å². The molecule has 1 atom stereocenters. The lowest BCUT2D eigenvalue weighted by Gasteiger charge is -2.09. The minimum absolute atomic E-state index is 0.162. The summed E-state index contributed by atoms with van der Waals surface area (Å²) in [6.45, 7) is 5.15. The first-order valence-corrected chi connectivity index (χ1v) is 6.50. The fraction of sp³-hybridized carbons (Fsp3) is 0.385. The molecule has 1 aromatic heterocycles. The summed E-state index contributed by atoms with van der Waals surface area (Å²) >= 11 is 12.2. The first-order valence-electron chi connectivity index (χ1n) is 5.74. The molecule has 0 saturated carbocycles. The molecule has 17 heavy (non-hydrogen) atoms. The van der Waals surface area contributed by atoms with Crippen molar-refractivity contribution in [3.05, 3.63) is 34.0 Å². The summed E-state index contributed by atoms with van der Waals surface area (Å²) in [7, 11) is 0. The lowest BCUT2D eigenvalue weighted by Crippen LogP contribution is -2.18. The van der Waals surface area contributed by atoms with Crippen LogP contribution in [0.1, 0.15) is 32.1 Å². The summed E-state index contributed by atoms with van der Waals surface area (Å²) in [5.74, 6) is 0.864. The second-order valence-electron chi connectivity index (χ2n) is 4.10. The van der Waals surface area contributed by atoms with E-state index in [0.29, 0.717) is 15.6 Å². The van der Waals surface area contributed by atoms with Crippen LogP contribution in [-0.2, 0) is 0 Å². The molecule has 0 amide bonds. The Morgan fingerprint density at radius 2 is 2.00 bits per heavy atom. The van der Waals surface area contributed by atoms with E-state index in [1.807, 2.05) is 6.07 Å². The zero-order valence-corrected chi connectivity index (χ0v) is 11.4. The van der Waals surface area contributed by atoms with Gasteiger partial charge in [0, 0.05) is 5.39 Å². The maximum absolute atomic E-state index is 6.11. The van der Waals surface area contributed by atoms with E-state index >= 15 is 0 Å². The molecule has 0 radical (unpaired) electrons. The third-order valence-electron chi connectivity index (χ3n) is 2.73. The van der Waals surface area contributed by atoms with Gasteiger partial charge in [-0.15, -0.1) is 0 Å². The fourth-order valence-corrected chi connectivity index (χ4v) is 2.16. The Kier molecular flexibility index (Phi) is 3.97. The van der Waals surface area contributed by atoms with Crippen LogP contribution in [0.25, 0.3) is 11.0 Å². The van der Waals surface area contributed by atoms with Crippen LogP contribution in [0.2, 0.25) is 10.0 Å². The van der Waals surface area contributed by atoms with E-state index in [-0.39, 0.29) is 6.04 Å². The largest absolute Gasteiger partial charge is 0.458 e. The monoisotopic (exact) mass is 271 g/mol. The Balaban J connectivity index is 2.37. The molecule has 0 fully saturated rings. The number of furan rings is 1. The molecule has 92 valence electrons. The third-order valence-corrected chi connectivity index (χ3v) is 3.36. The van der Waals surface area contributed by atoms with E-state index in [4.69, 9.17) is 27.6 Å². The van der Waals surface area contributed by atoms with E-state index in [9.17, 15) is 0 Å². The number of hydrogen-bond acceptors (Lipinski definition) is 2. The molecule has 2 aromatic rings. The predicted octanol–water partition coefficient (Wildman–Crippen LogP) is 4.80. The summed E-state index contributed by atoms with van der Waals surface area (Å²) in [6.07, 6.45) is 1.09. The second-order valence-corrected chi connectivity index (χ2v) is 4.91. The Labute approximate surface area is 111 Å². The van der Waals surface area contributed by atoms with Crippen molar-refractivity contribution < 1.29 is 4.42 Å². The lowest BCUT2D eigenvalue weighted by atomic mass is 10.2. The molecule has 0 aliphatic heterocycles. The van der Waals surface area contributed by atoms with Gasteiger partial charge < -0.3 is 9.73 Å².